The second-order valence-corrected chi connectivity index (χ2v) is 11.0. The third-order valence-corrected chi connectivity index (χ3v) is 6.70. The first-order valence-electron chi connectivity index (χ1n) is 10.6. The van der Waals surface area contributed by atoms with Gasteiger partial charge in [0.05, 0.1) is 28.4 Å². The Labute approximate surface area is 209 Å². The number of alkyl halides is 3. The van der Waals surface area contributed by atoms with E-state index in [-0.39, 0.29) is 11.3 Å². The van der Waals surface area contributed by atoms with Gasteiger partial charge in [-0.15, -0.1) is 13.2 Å². The number of amides is 2. The minimum absolute atomic E-state index is 0.243. The van der Waals surface area contributed by atoms with Crippen LogP contribution in [0.4, 0.5) is 28.0 Å². The number of carbonyl (C=O) groups excluding carboxylic acids is 2. The standard InChI is InChI=1S/C23H21F4N3O6S/c1-22(2,3)36-21(32)29-17-12-37(33,34)19-9-16(24)14(10-28)8-18(19)30(20(17)31)11-13-4-6-15(7-5-13)35-23(25,26)27/h4-9,17H,11-12H2,1-3H3,(H,29,32)/t17-/m0/s1. The number of benzene rings is 2. The molecule has 3 rings (SSSR count). The largest absolute Gasteiger partial charge is 0.573 e. The number of carbonyl (C=O) groups is 2. The molecule has 1 aliphatic heterocycles. The number of rotatable bonds is 4. The van der Waals surface area contributed by atoms with Crippen molar-refractivity contribution in [3.05, 3.63) is 53.3 Å². The molecular formula is C23H21F4N3O6S. The molecule has 1 aliphatic rings. The Bertz CT molecular complexity index is 1360. The molecule has 2 amide bonds. The van der Waals surface area contributed by atoms with E-state index in [9.17, 15) is 40.8 Å². The summed E-state index contributed by atoms with van der Waals surface area (Å²) in [6.45, 7) is 4.27. The molecule has 0 spiro atoms. The number of sulfone groups is 1. The third-order valence-electron chi connectivity index (χ3n) is 4.93. The van der Waals surface area contributed by atoms with E-state index in [0.29, 0.717) is 6.07 Å². The molecule has 0 saturated carbocycles. The summed E-state index contributed by atoms with van der Waals surface area (Å²) in [6.07, 6.45) is -6.00. The zero-order valence-corrected chi connectivity index (χ0v) is 20.5. The summed E-state index contributed by atoms with van der Waals surface area (Å²) in [5.74, 6) is -3.53. The third kappa shape index (κ3) is 6.88. The van der Waals surface area contributed by atoms with Crippen molar-refractivity contribution in [1.82, 2.24) is 5.32 Å². The quantitative estimate of drug-likeness (QED) is 0.582. The molecule has 0 fully saturated rings. The van der Waals surface area contributed by atoms with Gasteiger partial charge in [-0.3, -0.25) is 4.79 Å². The van der Waals surface area contributed by atoms with Gasteiger partial charge in [0, 0.05) is 0 Å². The zero-order chi connectivity index (χ0) is 27.8. The number of anilines is 1. The van der Waals surface area contributed by atoms with Crippen molar-refractivity contribution in [2.45, 2.75) is 50.2 Å². The van der Waals surface area contributed by atoms with Gasteiger partial charge in [-0.25, -0.2) is 17.6 Å². The van der Waals surface area contributed by atoms with Crippen LogP contribution in [0.15, 0.2) is 41.3 Å². The number of nitrogens with one attached hydrogen (secondary N) is 1. The molecule has 1 N–H and O–H groups in total. The van der Waals surface area contributed by atoms with Crippen LogP contribution in [-0.4, -0.2) is 44.2 Å². The molecule has 1 atom stereocenters. The van der Waals surface area contributed by atoms with Crippen molar-refractivity contribution in [2.24, 2.45) is 0 Å². The zero-order valence-electron chi connectivity index (χ0n) is 19.7. The number of ether oxygens (including phenoxy) is 2. The van der Waals surface area contributed by atoms with Crippen molar-refractivity contribution in [1.29, 1.82) is 5.26 Å². The highest BCUT2D eigenvalue weighted by atomic mass is 32.2. The monoisotopic (exact) mass is 543 g/mol. The van der Waals surface area contributed by atoms with Crippen LogP contribution < -0.4 is 15.0 Å². The molecule has 0 aromatic heterocycles. The molecule has 0 radical (unpaired) electrons. The first kappa shape index (κ1) is 27.7. The molecule has 9 nitrogen and oxygen atoms in total. The van der Waals surface area contributed by atoms with Crippen LogP contribution in [-0.2, 0) is 25.9 Å². The predicted molar refractivity (Wildman–Crippen MR) is 121 cm³/mol. The van der Waals surface area contributed by atoms with Gasteiger partial charge in [0.25, 0.3) is 5.91 Å². The number of hydrogen-bond acceptors (Lipinski definition) is 7. The Kier molecular flexibility index (Phi) is 7.41. The Hall–Kier alpha value is -3.86. The van der Waals surface area contributed by atoms with Gasteiger partial charge in [-0.05, 0) is 50.6 Å². The Morgan fingerprint density at radius 3 is 2.35 bits per heavy atom. The van der Waals surface area contributed by atoms with Gasteiger partial charge in [-0.1, -0.05) is 12.1 Å². The number of nitrogens with zero attached hydrogens (tertiary/aromatic N) is 2. The molecule has 2 aromatic carbocycles. The van der Waals surface area contributed by atoms with E-state index in [1.165, 1.54) is 12.1 Å². The molecule has 1 heterocycles. The van der Waals surface area contributed by atoms with Gasteiger partial charge in [0.15, 0.2) is 9.84 Å². The lowest BCUT2D eigenvalue weighted by Gasteiger charge is -2.27. The highest BCUT2D eigenvalue weighted by Crippen LogP contribution is 2.34. The highest BCUT2D eigenvalue weighted by Gasteiger charge is 2.40. The molecule has 14 heteroatoms. The van der Waals surface area contributed by atoms with Gasteiger partial charge in [0.2, 0.25) is 0 Å². The van der Waals surface area contributed by atoms with Crippen LogP contribution >= 0.6 is 0 Å². The van der Waals surface area contributed by atoms with Crippen molar-refractivity contribution in [2.75, 3.05) is 10.7 Å². The fourth-order valence-electron chi connectivity index (χ4n) is 3.47. The number of halogens is 4. The van der Waals surface area contributed by atoms with Crippen molar-refractivity contribution in [3.63, 3.8) is 0 Å². The fraction of sp³-hybridized carbons (Fsp3) is 0.348. The van der Waals surface area contributed by atoms with E-state index in [2.05, 4.69) is 10.1 Å². The second-order valence-electron chi connectivity index (χ2n) is 9.01. The van der Waals surface area contributed by atoms with Crippen LogP contribution in [0, 0.1) is 17.1 Å². The summed E-state index contributed by atoms with van der Waals surface area (Å²) in [5.41, 5.74) is -1.59. The summed E-state index contributed by atoms with van der Waals surface area (Å²) >= 11 is 0. The van der Waals surface area contributed by atoms with E-state index >= 15 is 0 Å². The maximum absolute atomic E-state index is 14.4. The Morgan fingerprint density at radius 1 is 1.19 bits per heavy atom. The fourth-order valence-corrected chi connectivity index (χ4v) is 5.09. The minimum atomic E-state index is -4.92. The molecule has 198 valence electrons. The lowest BCUT2D eigenvalue weighted by atomic mass is 10.1. The van der Waals surface area contributed by atoms with E-state index in [0.717, 1.165) is 23.1 Å². The predicted octanol–water partition coefficient (Wildman–Crippen LogP) is 3.81. The van der Waals surface area contributed by atoms with Crippen LogP contribution in [0.2, 0.25) is 0 Å². The lowest BCUT2D eigenvalue weighted by Crippen LogP contribution is -2.51. The normalized spacial score (nSPS) is 17.3. The summed E-state index contributed by atoms with van der Waals surface area (Å²) in [6, 6.07) is 5.80. The van der Waals surface area contributed by atoms with Gasteiger partial charge in [0.1, 0.15) is 29.3 Å². The maximum Gasteiger partial charge on any atom is 0.573 e. The summed E-state index contributed by atoms with van der Waals surface area (Å²) in [4.78, 5) is 26.1. The molecule has 0 aliphatic carbocycles. The van der Waals surface area contributed by atoms with E-state index < -0.39 is 74.2 Å². The SMILES string of the molecule is CC(C)(C)OC(=O)N[C@H]1CS(=O)(=O)c2cc(F)c(C#N)cc2N(Cc2ccc(OC(F)(F)F)cc2)C1=O. The van der Waals surface area contributed by atoms with Crippen molar-refractivity contribution < 1.29 is 45.0 Å². The number of hydrogen-bond donors (Lipinski definition) is 1. The molecule has 0 bridgehead atoms. The average Bonchev–Trinajstić information content (AvgIpc) is 2.81. The number of alkyl carbamates (subject to hydrolysis) is 1. The Morgan fingerprint density at radius 2 is 1.81 bits per heavy atom. The first-order valence-corrected chi connectivity index (χ1v) is 12.3. The first-order chi connectivity index (χ1) is 17.0. The van der Waals surface area contributed by atoms with E-state index in [1.54, 1.807) is 26.8 Å². The molecular weight excluding hydrogens is 522 g/mol. The van der Waals surface area contributed by atoms with Crippen LogP contribution in [0.3, 0.4) is 0 Å². The average molecular weight is 543 g/mol. The van der Waals surface area contributed by atoms with Gasteiger partial charge in [-0.2, -0.15) is 5.26 Å². The summed E-state index contributed by atoms with van der Waals surface area (Å²) in [5, 5.41) is 11.5. The molecule has 2 aromatic rings. The second kappa shape index (κ2) is 9.89. The molecule has 0 unspecified atom stereocenters. The van der Waals surface area contributed by atoms with Crippen LogP contribution in [0.5, 0.6) is 5.75 Å². The van der Waals surface area contributed by atoms with Gasteiger partial charge >= 0.3 is 12.5 Å². The maximum atomic E-state index is 14.4. The van der Waals surface area contributed by atoms with Crippen LogP contribution in [0.25, 0.3) is 0 Å². The minimum Gasteiger partial charge on any atom is -0.444 e. The molecule has 37 heavy (non-hydrogen) atoms. The topological polar surface area (TPSA) is 126 Å². The summed E-state index contributed by atoms with van der Waals surface area (Å²) in [7, 11) is -4.38. The molecule has 0 saturated heterocycles. The van der Waals surface area contributed by atoms with Gasteiger partial charge < -0.3 is 19.7 Å². The number of nitriles is 1. The highest BCUT2D eigenvalue weighted by molar-refractivity contribution is 7.91. The van der Waals surface area contributed by atoms with E-state index in [4.69, 9.17) is 4.74 Å². The Balaban J connectivity index is 2.06. The van der Waals surface area contributed by atoms with E-state index in [1.807, 2.05) is 0 Å². The number of fused-ring (bicyclic) bond motifs is 1. The van der Waals surface area contributed by atoms with Crippen molar-refractivity contribution in [3.8, 4) is 11.8 Å². The van der Waals surface area contributed by atoms with Crippen LogP contribution in [0.1, 0.15) is 31.9 Å². The lowest BCUT2D eigenvalue weighted by molar-refractivity contribution is -0.274. The summed E-state index contributed by atoms with van der Waals surface area (Å²) < 4.78 is 86.9. The smallest absolute Gasteiger partial charge is 0.444 e. The van der Waals surface area contributed by atoms with Crippen molar-refractivity contribution >= 4 is 27.5 Å².